The first-order valence-electron chi connectivity index (χ1n) is 12.0. The second kappa shape index (κ2) is 12.6. The molecule has 0 aliphatic heterocycles. The number of carboxylic acids is 1. The van der Waals surface area contributed by atoms with Gasteiger partial charge in [-0.15, -0.1) is 0 Å². The summed E-state index contributed by atoms with van der Waals surface area (Å²) in [7, 11) is -4.14. The number of ether oxygens (including phenoxy) is 1. The number of aromatic nitrogens is 1. The van der Waals surface area contributed by atoms with Gasteiger partial charge in [0, 0.05) is 31.3 Å². The third kappa shape index (κ3) is 7.71. The Labute approximate surface area is 211 Å². The molecule has 0 bridgehead atoms. The van der Waals surface area contributed by atoms with Crippen molar-refractivity contribution >= 4 is 28.0 Å². The van der Waals surface area contributed by atoms with Crippen LogP contribution in [-0.2, 0) is 28.6 Å². The molecule has 2 atom stereocenters. The number of pyridine rings is 1. The Balaban J connectivity index is 2.29. The molecule has 11 nitrogen and oxygen atoms in total. The number of amides is 1. The lowest BCUT2D eigenvalue weighted by atomic mass is 9.65. The standard InChI is InChI=1S/C24H36N2O9S/c1-17(27)26-13-8-14-36(32,33)35-20(18-9-5-4-6-10-18)23(2,3)24(31,22(29)30)16-34-21(28)19-11-7-12-25-15-19/h7,11-12,15,18,20,31H,4-6,8-10,13-14,16H2,1-3H3,(H,26,27)(H,29,30)/t20?,24-/m1/s1. The van der Waals surface area contributed by atoms with E-state index in [4.69, 9.17) is 8.92 Å². The summed E-state index contributed by atoms with van der Waals surface area (Å²) in [6, 6.07) is 2.94. The van der Waals surface area contributed by atoms with Crippen molar-refractivity contribution in [1.29, 1.82) is 0 Å². The van der Waals surface area contributed by atoms with Crippen LogP contribution in [0.5, 0.6) is 0 Å². The fourth-order valence-electron chi connectivity index (χ4n) is 4.44. The molecule has 1 aromatic heterocycles. The molecule has 1 unspecified atom stereocenters. The molecule has 3 N–H and O–H groups in total. The molecule has 12 heteroatoms. The number of rotatable bonds is 13. The number of carboxylic acid groups (broad SMARTS) is 1. The van der Waals surface area contributed by atoms with Gasteiger partial charge in [0.25, 0.3) is 10.1 Å². The maximum atomic E-state index is 12.9. The van der Waals surface area contributed by atoms with E-state index in [1.54, 1.807) is 0 Å². The molecular formula is C24H36N2O9S. The van der Waals surface area contributed by atoms with Crippen LogP contribution in [0.4, 0.5) is 0 Å². The molecule has 1 aliphatic rings. The second-order valence-corrected chi connectivity index (χ2v) is 11.4. The van der Waals surface area contributed by atoms with Crippen molar-refractivity contribution in [3.05, 3.63) is 30.1 Å². The van der Waals surface area contributed by atoms with E-state index in [1.165, 1.54) is 45.3 Å². The van der Waals surface area contributed by atoms with Crippen LogP contribution in [0.3, 0.4) is 0 Å². The molecule has 1 amide bonds. The van der Waals surface area contributed by atoms with Crippen LogP contribution >= 0.6 is 0 Å². The van der Waals surface area contributed by atoms with Gasteiger partial charge in [0.1, 0.15) is 6.61 Å². The van der Waals surface area contributed by atoms with Gasteiger partial charge in [0.15, 0.2) is 0 Å². The number of carbonyl (C=O) groups excluding carboxylic acids is 2. The van der Waals surface area contributed by atoms with Crippen molar-refractivity contribution in [3.8, 4) is 0 Å². The van der Waals surface area contributed by atoms with Crippen LogP contribution in [-0.4, -0.2) is 72.1 Å². The van der Waals surface area contributed by atoms with Gasteiger partial charge in [0.05, 0.1) is 17.4 Å². The zero-order valence-electron chi connectivity index (χ0n) is 20.9. The minimum atomic E-state index is -4.14. The molecule has 0 radical (unpaired) electrons. The van der Waals surface area contributed by atoms with Gasteiger partial charge in [-0.3, -0.25) is 14.0 Å². The van der Waals surface area contributed by atoms with Crippen molar-refractivity contribution in [2.75, 3.05) is 18.9 Å². The summed E-state index contributed by atoms with van der Waals surface area (Å²) in [6.07, 6.45) is 5.38. The quantitative estimate of drug-likeness (QED) is 0.195. The van der Waals surface area contributed by atoms with E-state index in [-0.39, 0.29) is 30.4 Å². The minimum absolute atomic E-state index is 0.0740. The van der Waals surface area contributed by atoms with E-state index in [0.717, 1.165) is 19.3 Å². The van der Waals surface area contributed by atoms with Crippen molar-refractivity contribution in [2.24, 2.45) is 11.3 Å². The number of carbonyl (C=O) groups is 3. The number of nitrogens with zero attached hydrogens (tertiary/aromatic N) is 1. The predicted molar refractivity (Wildman–Crippen MR) is 129 cm³/mol. The molecule has 1 saturated carbocycles. The second-order valence-electron chi connectivity index (χ2n) is 9.72. The van der Waals surface area contributed by atoms with E-state index >= 15 is 0 Å². The first-order chi connectivity index (χ1) is 16.8. The highest BCUT2D eigenvalue weighted by molar-refractivity contribution is 7.86. The summed E-state index contributed by atoms with van der Waals surface area (Å²) < 4.78 is 36.5. The summed E-state index contributed by atoms with van der Waals surface area (Å²) in [5.41, 5.74) is -4.26. The van der Waals surface area contributed by atoms with Gasteiger partial charge in [-0.05, 0) is 37.3 Å². The van der Waals surface area contributed by atoms with E-state index in [1.807, 2.05) is 0 Å². The average Bonchev–Trinajstić information content (AvgIpc) is 2.84. The Hall–Kier alpha value is -2.57. The Morgan fingerprint density at radius 1 is 1.22 bits per heavy atom. The van der Waals surface area contributed by atoms with Crippen molar-refractivity contribution in [1.82, 2.24) is 10.3 Å². The third-order valence-corrected chi connectivity index (χ3v) is 8.00. The summed E-state index contributed by atoms with van der Waals surface area (Å²) >= 11 is 0. The van der Waals surface area contributed by atoms with Gasteiger partial charge in [-0.1, -0.05) is 33.1 Å². The van der Waals surface area contributed by atoms with Crippen LogP contribution in [0.15, 0.2) is 24.5 Å². The van der Waals surface area contributed by atoms with Gasteiger partial charge in [-0.25, -0.2) is 9.59 Å². The first-order valence-corrected chi connectivity index (χ1v) is 13.6. The summed E-state index contributed by atoms with van der Waals surface area (Å²) in [4.78, 5) is 39.6. The molecular weight excluding hydrogens is 492 g/mol. The van der Waals surface area contributed by atoms with Crippen LogP contribution in [0, 0.1) is 11.3 Å². The van der Waals surface area contributed by atoms with Crippen LogP contribution < -0.4 is 5.32 Å². The summed E-state index contributed by atoms with van der Waals surface area (Å²) in [5.74, 6) is -3.56. The van der Waals surface area contributed by atoms with Gasteiger partial charge >= 0.3 is 11.9 Å². The fraction of sp³-hybridized carbons (Fsp3) is 0.667. The lowest BCUT2D eigenvalue weighted by Crippen LogP contribution is -2.62. The van der Waals surface area contributed by atoms with Gasteiger partial charge in [-0.2, -0.15) is 8.42 Å². The van der Waals surface area contributed by atoms with E-state index < -0.39 is 51.5 Å². The first kappa shape index (κ1) is 29.7. The van der Waals surface area contributed by atoms with Gasteiger partial charge < -0.3 is 20.3 Å². The van der Waals surface area contributed by atoms with Crippen LogP contribution in [0.25, 0.3) is 0 Å². The molecule has 2 rings (SSSR count). The van der Waals surface area contributed by atoms with Crippen LogP contribution in [0.1, 0.15) is 69.7 Å². The molecule has 1 heterocycles. The van der Waals surface area contributed by atoms with E-state index in [2.05, 4.69) is 10.3 Å². The molecule has 202 valence electrons. The monoisotopic (exact) mass is 528 g/mol. The molecule has 0 spiro atoms. The molecule has 1 aliphatic carbocycles. The molecule has 0 saturated heterocycles. The topological polar surface area (TPSA) is 169 Å². The predicted octanol–water partition coefficient (Wildman–Crippen LogP) is 1.90. The highest BCUT2D eigenvalue weighted by atomic mass is 32.2. The zero-order valence-corrected chi connectivity index (χ0v) is 21.8. The average molecular weight is 529 g/mol. The maximum absolute atomic E-state index is 12.9. The Morgan fingerprint density at radius 2 is 1.89 bits per heavy atom. The highest BCUT2D eigenvalue weighted by Crippen LogP contribution is 2.44. The number of aliphatic hydroxyl groups is 1. The zero-order chi connectivity index (χ0) is 27.0. The van der Waals surface area contributed by atoms with Crippen molar-refractivity contribution in [3.63, 3.8) is 0 Å². The lowest BCUT2D eigenvalue weighted by Gasteiger charge is -2.46. The smallest absolute Gasteiger partial charge is 0.340 e. The minimum Gasteiger partial charge on any atom is -0.479 e. The van der Waals surface area contributed by atoms with Gasteiger partial charge in [0.2, 0.25) is 11.5 Å². The Morgan fingerprint density at radius 3 is 2.44 bits per heavy atom. The normalized spacial score (nSPS) is 17.6. The summed E-state index contributed by atoms with van der Waals surface area (Å²) in [6.45, 7) is 3.35. The lowest BCUT2D eigenvalue weighted by molar-refractivity contribution is -0.195. The third-order valence-electron chi connectivity index (χ3n) is 6.71. The number of esters is 1. The molecule has 1 aromatic rings. The summed E-state index contributed by atoms with van der Waals surface area (Å²) in [5, 5.41) is 23.9. The Bertz CT molecular complexity index is 1010. The number of aliphatic carboxylic acids is 1. The Kier molecular flexibility index (Phi) is 10.4. The maximum Gasteiger partial charge on any atom is 0.340 e. The SMILES string of the molecule is CC(=O)NCCCS(=O)(=O)OC(C1CCCCC1)C(C)(C)[C@@](O)(COC(=O)c1cccnc1)C(=O)O. The molecule has 1 fully saturated rings. The van der Waals surface area contributed by atoms with Crippen molar-refractivity contribution in [2.45, 2.75) is 71.0 Å². The fourth-order valence-corrected chi connectivity index (χ4v) is 5.75. The van der Waals surface area contributed by atoms with Crippen molar-refractivity contribution < 1.29 is 41.9 Å². The molecule has 36 heavy (non-hydrogen) atoms. The van der Waals surface area contributed by atoms with E-state index in [0.29, 0.717) is 12.8 Å². The molecule has 0 aromatic carbocycles. The number of nitrogens with one attached hydrogen (secondary N) is 1. The van der Waals surface area contributed by atoms with E-state index in [9.17, 15) is 33.0 Å². The van der Waals surface area contributed by atoms with Crippen LogP contribution in [0.2, 0.25) is 0 Å². The largest absolute Gasteiger partial charge is 0.479 e. The number of hydrogen-bond acceptors (Lipinski definition) is 9. The number of hydrogen-bond donors (Lipinski definition) is 3. The highest BCUT2D eigenvalue weighted by Gasteiger charge is 2.58.